The van der Waals surface area contributed by atoms with E-state index in [0.717, 1.165) is 69.5 Å². The van der Waals surface area contributed by atoms with Gasteiger partial charge >= 0.3 is 0 Å². The van der Waals surface area contributed by atoms with Crippen molar-refractivity contribution in [2.75, 3.05) is 31.9 Å². The van der Waals surface area contributed by atoms with Crippen LogP contribution in [0.1, 0.15) is 43.2 Å². The Bertz CT molecular complexity index is 649. The molecule has 4 rings (SSSR count). The zero-order valence-electron chi connectivity index (χ0n) is 15.6. The van der Waals surface area contributed by atoms with Gasteiger partial charge in [0, 0.05) is 37.2 Å². The van der Waals surface area contributed by atoms with Gasteiger partial charge in [-0.25, -0.2) is 0 Å². The van der Waals surface area contributed by atoms with E-state index >= 15 is 0 Å². The van der Waals surface area contributed by atoms with Gasteiger partial charge in [0.1, 0.15) is 0 Å². The van der Waals surface area contributed by atoms with E-state index in [1.54, 1.807) is 0 Å². The molecule has 5 nitrogen and oxygen atoms in total. The molecule has 0 bridgehead atoms. The lowest BCUT2D eigenvalue weighted by Gasteiger charge is -2.42. The zero-order valence-corrected chi connectivity index (χ0v) is 15.6. The van der Waals surface area contributed by atoms with Crippen LogP contribution in [0, 0.1) is 5.92 Å². The lowest BCUT2D eigenvalue weighted by atomic mass is 9.83. The van der Waals surface area contributed by atoms with Gasteiger partial charge in [0.05, 0.1) is 6.10 Å². The monoisotopic (exact) mass is 357 g/mol. The van der Waals surface area contributed by atoms with E-state index in [2.05, 4.69) is 15.9 Å². The molecule has 2 atom stereocenters. The van der Waals surface area contributed by atoms with Crippen molar-refractivity contribution in [1.29, 1.82) is 0 Å². The van der Waals surface area contributed by atoms with Crippen LogP contribution in [0.3, 0.4) is 0 Å². The second-order valence-electron chi connectivity index (χ2n) is 8.22. The summed E-state index contributed by atoms with van der Waals surface area (Å²) in [6, 6.07) is 6.21. The summed E-state index contributed by atoms with van der Waals surface area (Å²) in [6.45, 7) is 3.70. The molecule has 2 heterocycles. The number of carbonyl (C=O) groups excluding carboxylic acids is 1. The van der Waals surface area contributed by atoms with Gasteiger partial charge in [-0.1, -0.05) is 12.1 Å². The molecule has 2 saturated heterocycles. The molecule has 0 radical (unpaired) electrons. The van der Waals surface area contributed by atoms with Crippen LogP contribution in [0.5, 0.6) is 0 Å². The fraction of sp³-hybridized carbons (Fsp3) is 0.667. The van der Waals surface area contributed by atoms with Crippen molar-refractivity contribution in [3.63, 3.8) is 0 Å². The number of nitrogen functional groups attached to an aromatic ring is 1. The summed E-state index contributed by atoms with van der Waals surface area (Å²) in [4.78, 5) is 17.2. The summed E-state index contributed by atoms with van der Waals surface area (Å²) >= 11 is 0. The topological polar surface area (TPSA) is 69.8 Å². The standard InChI is InChI=1S/C21H31N3O2/c22-18-6-4-5-16-13-19(20(25)14-17(16)18)23-11-7-15(8-12-23)21(26)24-9-2-1-3-10-24/h4-6,15,19-20,25H,1-3,7-14,22H2/t19-,20-/m1/s1. The Hall–Kier alpha value is -1.59. The number of aliphatic hydroxyl groups is 1. The molecule has 1 aromatic carbocycles. The van der Waals surface area contributed by atoms with E-state index in [1.807, 2.05) is 12.1 Å². The molecule has 5 heteroatoms. The second kappa shape index (κ2) is 7.57. The highest BCUT2D eigenvalue weighted by Gasteiger charge is 2.36. The lowest BCUT2D eigenvalue weighted by molar-refractivity contribution is -0.138. The molecule has 0 spiro atoms. The Morgan fingerprint density at radius 2 is 1.77 bits per heavy atom. The molecule has 0 unspecified atom stereocenters. The van der Waals surface area contributed by atoms with E-state index in [9.17, 15) is 9.90 Å². The number of anilines is 1. The van der Waals surface area contributed by atoms with Gasteiger partial charge in [0.25, 0.3) is 0 Å². The van der Waals surface area contributed by atoms with Crippen molar-refractivity contribution < 1.29 is 9.90 Å². The number of benzene rings is 1. The Kier molecular flexibility index (Phi) is 5.18. The second-order valence-corrected chi connectivity index (χ2v) is 8.22. The Balaban J connectivity index is 1.36. The first kappa shape index (κ1) is 17.8. The molecule has 1 aliphatic carbocycles. The van der Waals surface area contributed by atoms with Gasteiger partial charge in [0.15, 0.2) is 0 Å². The van der Waals surface area contributed by atoms with Crippen molar-refractivity contribution >= 4 is 11.6 Å². The molecular weight excluding hydrogens is 326 g/mol. The van der Waals surface area contributed by atoms with Crippen molar-refractivity contribution in [1.82, 2.24) is 9.80 Å². The Labute approximate surface area is 156 Å². The summed E-state index contributed by atoms with van der Waals surface area (Å²) in [5.74, 6) is 0.541. The van der Waals surface area contributed by atoms with Crippen LogP contribution < -0.4 is 5.73 Å². The van der Waals surface area contributed by atoms with Crippen LogP contribution in [-0.2, 0) is 17.6 Å². The van der Waals surface area contributed by atoms with E-state index in [0.29, 0.717) is 12.3 Å². The first-order valence-electron chi connectivity index (χ1n) is 10.2. The largest absolute Gasteiger partial charge is 0.398 e. The normalized spacial score (nSPS) is 28.0. The number of likely N-dealkylation sites (tertiary alicyclic amines) is 2. The van der Waals surface area contributed by atoms with Gasteiger partial charge in [-0.2, -0.15) is 0 Å². The van der Waals surface area contributed by atoms with Gasteiger partial charge < -0.3 is 15.7 Å². The summed E-state index contributed by atoms with van der Waals surface area (Å²) in [6.07, 6.45) is 6.52. The molecule has 0 aromatic heterocycles. The number of nitrogens with zero attached hydrogens (tertiary/aromatic N) is 2. The van der Waals surface area contributed by atoms with Crippen LogP contribution in [0.25, 0.3) is 0 Å². The van der Waals surface area contributed by atoms with Crippen LogP contribution in [-0.4, -0.2) is 59.1 Å². The number of nitrogens with two attached hydrogens (primary N) is 1. The number of fused-ring (bicyclic) bond motifs is 1. The first-order chi connectivity index (χ1) is 12.6. The summed E-state index contributed by atoms with van der Waals surface area (Å²) in [5.41, 5.74) is 9.27. The molecule has 2 fully saturated rings. The summed E-state index contributed by atoms with van der Waals surface area (Å²) in [7, 11) is 0. The highest BCUT2D eigenvalue weighted by Crippen LogP contribution is 2.31. The molecule has 3 N–H and O–H groups in total. The molecule has 0 saturated carbocycles. The molecule has 142 valence electrons. The van der Waals surface area contributed by atoms with Crippen molar-refractivity contribution in [3.05, 3.63) is 29.3 Å². The van der Waals surface area contributed by atoms with Crippen molar-refractivity contribution in [2.45, 2.75) is 57.1 Å². The smallest absolute Gasteiger partial charge is 0.225 e. The third-order valence-electron chi connectivity index (χ3n) is 6.61. The van der Waals surface area contributed by atoms with Crippen LogP contribution in [0.4, 0.5) is 5.69 Å². The maximum absolute atomic E-state index is 12.7. The van der Waals surface area contributed by atoms with E-state index < -0.39 is 0 Å². The van der Waals surface area contributed by atoms with Crippen LogP contribution >= 0.6 is 0 Å². The van der Waals surface area contributed by atoms with Gasteiger partial charge in [-0.3, -0.25) is 9.69 Å². The number of piperidine rings is 2. The van der Waals surface area contributed by atoms with Gasteiger partial charge in [0.2, 0.25) is 5.91 Å². The summed E-state index contributed by atoms with van der Waals surface area (Å²) in [5, 5.41) is 10.7. The highest BCUT2D eigenvalue weighted by molar-refractivity contribution is 5.79. The number of aliphatic hydroxyl groups excluding tert-OH is 1. The molecule has 1 aromatic rings. The van der Waals surface area contributed by atoms with E-state index in [1.165, 1.54) is 12.0 Å². The Morgan fingerprint density at radius 3 is 2.50 bits per heavy atom. The van der Waals surface area contributed by atoms with Crippen molar-refractivity contribution in [2.24, 2.45) is 5.92 Å². The minimum absolute atomic E-state index is 0.148. The van der Waals surface area contributed by atoms with E-state index in [-0.39, 0.29) is 18.1 Å². The molecule has 3 aliphatic rings. The fourth-order valence-electron chi connectivity index (χ4n) is 5.02. The lowest BCUT2D eigenvalue weighted by Crippen LogP contribution is -2.52. The number of hydrogen-bond acceptors (Lipinski definition) is 4. The molecular formula is C21H31N3O2. The van der Waals surface area contributed by atoms with Crippen LogP contribution in [0.15, 0.2) is 18.2 Å². The van der Waals surface area contributed by atoms with Gasteiger partial charge in [-0.15, -0.1) is 0 Å². The number of carbonyl (C=O) groups is 1. The highest BCUT2D eigenvalue weighted by atomic mass is 16.3. The minimum Gasteiger partial charge on any atom is -0.398 e. The Morgan fingerprint density at radius 1 is 1.04 bits per heavy atom. The predicted octanol–water partition coefficient (Wildman–Crippen LogP) is 1.82. The maximum atomic E-state index is 12.7. The average molecular weight is 357 g/mol. The van der Waals surface area contributed by atoms with Crippen LogP contribution in [0.2, 0.25) is 0 Å². The van der Waals surface area contributed by atoms with Crippen molar-refractivity contribution in [3.8, 4) is 0 Å². The number of amides is 1. The SMILES string of the molecule is Nc1cccc2c1C[C@@H](O)[C@H](N1CCC(C(=O)N3CCCCC3)CC1)C2. The number of hydrogen-bond donors (Lipinski definition) is 2. The molecule has 1 amide bonds. The third-order valence-corrected chi connectivity index (χ3v) is 6.61. The minimum atomic E-state index is -0.374. The predicted molar refractivity (Wildman–Crippen MR) is 103 cm³/mol. The van der Waals surface area contributed by atoms with E-state index in [4.69, 9.17) is 5.73 Å². The quantitative estimate of drug-likeness (QED) is 0.792. The fourth-order valence-corrected chi connectivity index (χ4v) is 5.02. The average Bonchev–Trinajstić information content (AvgIpc) is 2.69. The number of rotatable bonds is 2. The summed E-state index contributed by atoms with van der Waals surface area (Å²) < 4.78 is 0. The zero-order chi connectivity index (χ0) is 18.1. The molecule has 2 aliphatic heterocycles. The maximum Gasteiger partial charge on any atom is 0.225 e. The molecule has 26 heavy (non-hydrogen) atoms. The van der Waals surface area contributed by atoms with Gasteiger partial charge in [-0.05, 0) is 68.8 Å². The first-order valence-corrected chi connectivity index (χ1v) is 10.2. The third kappa shape index (κ3) is 3.47.